The summed E-state index contributed by atoms with van der Waals surface area (Å²) in [6.07, 6.45) is 0.938. The van der Waals surface area contributed by atoms with Gasteiger partial charge in [-0.25, -0.2) is 9.98 Å². The molecule has 0 amide bonds. The van der Waals surface area contributed by atoms with E-state index in [1.165, 1.54) is 55.3 Å². The summed E-state index contributed by atoms with van der Waals surface area (Å²) in [6.45, 7) is 6.58. The molecule has 1 aliphatic carbocycles. The maximum atomic E-state index is 5.15. The van der Waals surface area contributed by atoms with Crippen molar-refractivity contribution in [1.29, 1.82) is 0 Å². The van der Waals surface area contributed by atoms with Crippen LogP contribution in [0.5, 0.6) is 0 Å². The fourth-order valence-electron chi connectivity index (χ4n) is 9.01. The Balaban J connectivity index is 1.03. The molecule has 0 fully saturated rings. The number of aromatic nitrogens is 2. The third-order valence-electron chi connectivity index (χ3n) is 11.7. The average molecular weight is 743 g/mol. The van der Waals surface area contributed by atoms with E-state index < -0.39 is 0 Å². The highest BCUT2D eigenvalue weighted by atomic mass is 15.1. The molecule has 0 aliphatic heterocycles. The molecule has 0 bridgehead atoms. The molecule has 8 aromatic carbocycles. The second kappa shape index (κ2) is 13.6. The minimum absolute atomic E-state index is 0.604. The van der Waals surface area contributed by atoms with Gasteiger partial charge in [-0.2, -0.15) is 0 Å². The highest BCUT2D eigenvalue weighted by Gasteiger charge is 2.24. The van der Waals surface area contributed by atoms with Crippen molar-refractivity contribution in [2.45, 2.75) is 13.3 Å². The summed E-state index contributed by atoms with van der Waals surface area (Å²) in [4.78, 5) is 10.2. The number of aliphatic imine (C=N–C) groups is 2. The van der Waals surface area contributed by atoms with Crippen molar-refractivity contribution in [3.05, 3.63) is 217 Å². The second-order valence-electron chi connectivity index (χ2n) is 15.1. The van der Waals surface area contributed by atoms with Crippen LogP contribution in [0.25, 0.3) is 77.4 Å². The van der Waals surface area contributed by atoms with Gasteiger partial charge >= 0.3 is 0 Å². The molecule has 4 nitrogen and oxygen atoms in total. The smallest absolute Gasteiger partial charge is 0.161 e. The summed E-state index contributed by atoms with van der Waals surface area (Å²) in [7, 11) is 0. The Labute approximate surface area is 337 Å². The van der Waals surface area contributed by atoms with E-state index in [0.29, 0.717) is 11.7 Å². The first-order valence-electron chi connectivity index (χ1n) is 19.8. The highest BCUT2D eigenvalue weighted by molar-refractivity contribution is 6.15. The van der Waals surface area contributed by atoms with Crippen molar-refractivity contribution in [3.63, 3.8) is 0 Å². The van der Waals surface area contributed by atoms with Crippen LogP contribution in [0, 0.1) is 0 Å². The molecular formula is C54H38N4. The van der Waals surface area contributed by atoms with Crippen LogP contribution < -0.4 is 0 Å². The van der Waals surface area contributed by atoms with E-state index in [2.05, 4.69) is 155 Å². The number of hydrogen-bond acceptors (Lipinski definition) is 1. The molecule has 0 N–H and O–H groups in total. The summed E-state index contributed by atoms with van der Waals surface area (Å²) in [6, 6.07) is 67.0. The maximum absolute atomic E-state index is 5.15. The molecule has 274 valence electrons. The molecular weight excluding hydrogens is 705 g/mol. The van der Waals surface area contributed by atoms with Gasteiger partial charge in [0.15, 0.2) is 5.84 Å². The van der Waals surface area contributed by atoms with Gasteiger partial charge in [-0.15, -0.1) is 0 Å². The molecule has 10 aromatic rings. The largest absolute Gasteiger partial charge is 0.309 e. The SMILES string of the molecule is C=C(N=C(N=C(C)c1ccccc1)c1ccccc1)n1c2ccccc2c2cc(-c3ccc4c(c3)c3ccccc3n4-c3cccc4c3Cc3ccccc3-4)ccc21. The lowest BCUT2D eigenvalue weighted by Gasteiger charge is -2.13. The first kappa shape index (κ1) is 33.8. The first-order valence-corrected chi connectivity index (χ1v) is 19.8. The first-order chi connectivity index (χ1) is 28.6. The molecule has 0 unspecified atom stereocenters. The van der Waals surface area contributed by atoms with Gasteiger partial charge in [0, 0.05) is 39.2 Å². The van der Waals surface area contributed by atoms with Gasteiger partial charge in [-0.1, -0.05) is 152 Å². The third kappa shape index (κ3) is 5.45. The quantitative estimate of drug-likeness (QED) is 0.120. The number of amidine groups is 1. The number of nitrogens with zero attached hydrogens (tertiary/aromatic N) is 4. The molecule has 0 saturated carbocycles. The minimum Gasteiger partial charge on any atom is -0.309 e. The van der Waals surface area contributed by atoms with Crippen LogP contribution in [0.15, 0.2) is 205 Å². The zero-order valence-electron chi connectivity index (χ0n) is 32.1. The Morgan fingerprint density at radius 2 is 1.03 bits per heavy atom. The monoisotopic (exact) mass is 742 g/mol. The molecule has 4 heteroatoms. The van der Waals surface area contributed by atoms with Crippen molar-refractivity contribution in [1.82, 2.24) is 9.13 Å². The van der Waals surface area contributed by atoms with Crippen molar-refractivity contribution in [3.8, 4) is 27.9 Å². The van der Waals surface area contributed by atoms with Gasteiger partial charge in [0.25, 0.3) is 0 Å². The second-order valence-corrected chi connectivity index (χ2v) is 15.1. The molecule has 0 spiro atoms. The van der Waals surface area contributed by atoms with Crippen LogP contribution in [-0.2, 0) is 6.42 Å². The van der Waals surface area contributed by atoms with Crippen LogP contribution >= 0.6 is 0 Å². The molecule has 11 rings (SSSR count). The molecule has 1 aliphatic rings. The van der Waals surface area contributed by atoms with Crippen molar-refractivity contribution in [2.24, 2.45) is 9.98 Å². The van der Waals surface area contributed by atoms with E-state index in [9.17, 15) is 0 Å². The van der Waals surface area contributed by atoms with Gasteiger partial charge in [0.05, 0.1) is 27.8 Å². The van der Waals surface area contributed by atoms with Gasteiger partial charge in [0.1, 0.15) is 5.82 Å². The van der Waals surface area contributed by atoms with Crippen LogP contribution in [0.1, 0.15) is 29.2 Å². The standard InChI is InChI=1S/C54H38N4/c1-35(37-16-5-3-6-17-37)55-54(38-18-7-4-8-19-38)56-36(2)57-49-25-13-11-22-44(49)47-32-39(28-30-52(47)57)40-29-31-53-48(33-40)45-23-12-14-26-50(45)58(53)51-27-15-24-43-42-21-10-9-20-41(42)34-46(43)51/h3-33H,2,34H2,1H3. The molecule has 2 aromatic heterocycles. The molecule has 0 atom stereocenters. The average Bonchev–Trinajstić information content (AvgIpc) is 3.94. The van der Waals surface area contributed by atoms with Gasteiger partial charge in [-0.3, -0.25) is 4.57 Å². The van der Waals surface area contributed by atoms with E-state index in [1.54, 1.807) is 0 Å². The summed E-state index contributed by atoms with van der Waals surface area (Å²) in [5.41, 5.74) is 16.4. The Hall–Kier alpha value is -7.56. The van der Waals surface area contributed by atoms with E-state index in [1.807, 2.05) is 55.5 Å². The Morgan fingerprint density at radius 3 is 1.79 bits per heavy atom. The summed E-state index contributed by atoms with van der Waals surface area (Å²) in [5.74, 6) is 1.22. The number of rotatable bonds is 6. The molecule has 0 saturated heterocycles. The highest BCUT2D eigenvalue weighted by Crippen LogP contribution is 2.43. The van der Waals surface area contributed by atoms with Crippen LogP contribution in [0.3, 0.4) is 0 Å². The molecule has 0 radical (unpaired) electrons. The predicted octanol–water partition coefficient (Wildman–Crippen LogP) is 13.5. The molecule has 2 heterocycles. The Morgan fingerprint density at radius 1 is 0.483 bits per heavy atom. The van der Waals surface area contributed by atoms with Crippen molar-refractivity contribution < 1.29 is 0 Å². The zero-order valence-corrected chi connectivity index (χ0v) is 32.1. The maximum Gasteiger partial charge on any atom is 0.161 e. The predicted molar refractivity (Wildman–Crippen MR) is 244 cm³/mol. The summed E-state index contributed by atoms with van der Waals surface area (Å²) in [5, 5.41) is 4.79. The number of hydrogen-bond donors (Lipinski definition) is 0. The van der Waals surface area contributed by atoms with Crippen LogP contribution in [0.4, 0.5) is 0 Å². The lowest BCUT2D eigenvalue weighted by molar-refractivity contribution is 1.12. The van der Waals surface area contributed by atoms with E-state index >= 15 is 0 Å². The van der Waals surface area contributed by atoms with Gasteiger partial charge < -0.3 is 4.57 Å². The third-order valence-corrected chi connectivity index (χ3v) is 11.7. The van der Waals surface area contributed by atoms with Crippen molar-refractivity contribution in [2.75, 3.05) is 0 Å². The van der Waals surface area contributed by atoms with E-state index in [0.717, 1.165) is 50.6 Å². The van der Waals surface area contributed by atoms with Crippen LogP contribution in [0.2, 0.25) is 0 Å². The lowest BCUT2D eigenvalue weighted by Crippen LogP contribution is -2.05. The summed E-state index contributed by atoms with van der Waals surface area (Å²) < 4.78 is 4.63. The van der Waals surface area contributed by atoms with Gasteiger partial charge in [-0.05, 0) is 88.3 Å². The number of fused-ring (bicyclic) bond motifs is 9. The topological polar surface area (TPSA) is 34.6 Å². The fourth-order valence-corrected chi connectivity index (χ4v) is 9.01. The van der Waals surface area contributed by atoms with E-state index in [-0.39, 0.29) is 0 Å². The summed E-state index contributed by atoms with van der Waals surface area (Å²) >= 11 is 0. The normalized spacial score (nSPS) is 12.8. The Bertz CT molecular complexity index is 3320. The minimum atomic E-state index is 0.604. The fraction of sp³-hybridized carbons (Fsp3) is 0.0370. The molecule has 58 heavy (non-hydrogen) atoms. The Kier molecular flexibility index (Phi) is 7.90. The number of benzene rings is 8. The van der Waals surface area contributed by atoms with Crippen molar-refractivity contribution >= 4 is 61.0 Å². The number of para-hydroxylation sites is 2. The van der Waals surface area contributed by atoms with E-state index in [4.69, 9.17) is 9.98 Å². The zero-order chi connectivity index (χ0) is 38.7. The lowest BCUT2D eigenvalue weighted by atomic mass is 10.0. The van der Waals surface area contributed by atoms with Gasteiger partial charge in [0.2, 0.25) is 0 Å². The van der Waals surface area contributed by atoms with Crippen LogP contribution in [-0.4, -0.2) is 20.7 Å².